The molecule has 5 heteroatoms. The van der Waals surface area contributed by atoms with E-state index in [9.17, 15) is 9.90 Å². The van der Waals surface area contributed by atoms with Crippen molar-refractivity contribution in [1.29, 1.82) is 0 Å². The van der Waals surface area contributed by atoms with Crippen LogP contribution in [0.3, 0.4) is 0 Å². The molecule has 3 heterocycles. The van der Waals surface area contributed by atoms with Gasteiger partial charge in [0, 0.05) is 24.7 Å². The number of allylic oxidation sites excluding steroid dienone is 1. The molecule has 3 aliphatic heterocycles. The molecule has 136 valence electrons. The summed E-state index contributed by atoms with van der Waals surface area (Å²) in [5, 5.41) is 10.8. The van der Waals surface area contributed by atoms with Crippen molar-refractivity contribution in [2.45, 2.75) is 31.2 Å². The van der Waals surface area contributed by atoms with E-state index in [0.717, 1.165) is 42.9 Å². The van der Waals surface area contributed by atoms with Crippen molar-refractivity contribution in [2.24, 2.45) is 16.3 Å². The van der Waals surface area contributed by atoms with E-state index in [4.69, 9.17) is 9.73 Å². The Morgan fingerprint density at radius 3 is 3.00 bits per heavy atom. The van der Waals surface area contributed by atoms with Crippen LogP contribution in [0.25, 0.3) is 0 Å². The fourth-order valence-corrected chi connectivity index (χ4v) is 6.33. The van der Waals surface area contributed by atoms with Crippen LogP contribution in [0.5, 0.6) is 0 Å². The number of aliphatic hydroxyl groups is 1. The second-order valence-corrected chi connectivity index (χ2v) is 7.93. The van der Waals surface area contributed by atoms with Gasteiger partial charge in [-0.2, -0.15) is 0 Å². The van der Waals surface area contributed by atoms with E-state index in [1.807, 2.05) is 25.1 Å². The Bertz CT molecular complexity index is 861. The van der Waals surface area contributed by atoms with Crippen LogP contribution in [0.15, 0.2) is 40.9 Å². The van der Waals surface area contributed by atoms with Gasteiger partial charge in [0.05, 0.1) is 30.9 Å². The Balaban J connectivity index is 1.87. The Labute approximate surface area is 153 Å². The molecule has 0 amide bonds. The zero-order valence-corrected chi connectivity index (χ0v) is 15.2. The molecular weight excluding hydrogens is 328 g/mol. The number of aliphatic hydroxyl groups excluding tert-OH is 1. The lowest BCUT2D eigenvalue weighted by Gasteiger charge is -2.64. The molecule has 4 atom stereocenters. The van der Waals surface area contributed by atoms with Crippen molar-refractivity contribution in [3.8, 4) is 0 Å². The average Bonchev–Trinajstić information content (AvgIpc) is 3.04. The van der Waals surface area contributed by atoms with E-state index in [1.165, 1.54) is 12.7 Å². The molecule has 5 rings (SSSR count). The monoisotopic (exact) mass is 352 g/mol. The minimum absolute atomic E-state index is 0.0170. The number of nitrogens with zero attached hydrogens (tertiary/aromatic N) is 2. The highest BCUT2D eigenvalue weighted by molar-refractivity contribution is 6.11. The van der Waals surface area contributed by atoms with Crippen LogP contribution in [0, 0.1) is 11.3 Å². The third kappa shape index (κ3) is 1.56. The molecule has 0 radical (unpaired) electrons. The predicted octanol–water partition coefficient (Wildman–Crippen LogP) is 2.22. The van der Waals surface area contributed by atoms with Crippen molar-refractivity contribution >= 4 is 17.4 Å². The van der Waals surface area contributed by atoms with Crippen LogP contribution < -0.4 is 0 Å². The smallest absolute Gasteiger partial charge is 0.316 e. The van der Waals surface area contributed by atoms with Crippen molar-refractivity contribution < 1.29 is 14.6 Å². The Morgan fingerprint density at radius 2 is 2.27 bits per heavy atom. The van der Waals surface area contributed by atoms with E-state index in [2.05, 4.69) is 17.0 Å². The first kappa shape index (κ1) is 16.2. The zero-order valence-electron chi connectivity index (χ0n) is 15.2. The lowest BCUT2D eigenvalue weighted by atomic mass is 9.43. The molecule has 1 saturated carbocycles. The van der Waals surface area contributed by atoms with Crippen LogP contribution in [0.2, 0.25) is 0 Å². The number of ether oxygens (including phenoxy) is 1. The molecule has 3 bridgehead atoms. The third-order valence-corrected chi connectivity index (χ3v) is 7.39. The van der Waals surface area contributed by atoms with Gasteiger partial charge in [-0.3, -0.25) is 14.7 Å². The summed E-state index contributed by atoms with van der Waals surface area (Å²) < 4.78 is 5.34. The van der Waals surface area contributed by atoms with E-state index < -0.39 is 10.8 Å². The number of piperidine rings is 2. The summed E-state index contributed by atoms with van der Waals surface area (Å²) in [5.74, 6) is -0.320. The number of methoxy groups -OCH3 is 1. The molecule has 2 saturated heterocycles. The summed E-state index contributed by atoms with van der Waals surface area (Å²) >= 11 is 0. The SMILES string of the molecule is CC=C1CN2CC[C@]34C(=Nc5ccccc53)[C@@H]2C[C@@H]1C4(CO)C(=O)OC. The molecule has 26 heavy (non-hydrogen) atoms. The first-order chi connectivity index (χ1) is 12.6. The molecule has 1 N–H and O–H groups in total. The lowest BCUT2D eigenvalue weighted by molar-refractivity contribution is -0.170. The molecule has 0 aromatic heterocycles. The van der Waals surface area contributed by atoms with Crippen molar-refractivity contribution in [3.63, 3.8) is 0 Å². The zero-order chi connectivity index (χ0) is 18.1. The first-order valence-corrected chi connectivity index (χ1v) is 9.41. The summed E-state index contributed by atoms with van der Waals surface area (Å²) in [7, 11) is 1.44. The van der Waals surface area contributed by atoms with E-state index in [1.54, 1.807) is 0 Å². The van der Waals surface area contributed by atoms with Crippen LogP contribution in [0.1, 0.15) is 25.3 Å². The van der Waals surface area contributed by atoms with E-state index in [-0.39, 0.29) is 24.5 Å². The quantitative estimate of drug-likeness (QED) is 0.655. The summed E-state index contributed by atoms with van der Waals surface area (Å²) in [5.41, 5.74) is 2.77. The number of carbonyl (C=O) groups is 1. The number of fused-ring (bicyclic) bond motifs is 2. The molecule has 3 fully saturated rings. The number of aliphatic imine (C=N–C) groups is 1. The number of hydrogen-bond donors (Lipinski definition) is 1. The highest BCUT2D eigenvalue weighted by Crippen LogP contribution is 2.65. The topological polar surface area (TPSA) is 62.1 Å². The fourth-order valence-electron chi connectivity index (χ4n) is 6.33. The van der Waals surface area contributed by atoms with E-state index >= 15 is 0 Å². The van der Waals surface area contributed by atoms with Gasteiger partial charge in [-0.05, 0) is 31.4 Å². The van der Waals surface area contributed by atoms with Crippen molar-refractivity contribution in [2.75, 3.05) is 26.8 Å². The number of hydrogen-bond acceptors (Lipinski definition) is 5. The van der Waals surface area contributed by atoms with Crippen LogP contribution in [-0.2, 0) is 14.9 Å². The van der Waals surface area contributed by atoms with E-state index in [0.29, 0.717) is 0 Å². The molecule has 1 unspecified atom stereocenters. The van der Waals surface area contributed by atoms with Gasteiger partial charge in [-0.25, -0.2) is 0 Å². The standard InChI is InChI=1S/C21H24N2O3/c1-3-13-11-23-9-8-20-14-6-4-5-7-16(14)22-18(20)17(23)10-15(13)21(20,12-24)19(25)26-2/h3-7,15,17,24H,8-12H2,1-2H3/t15-,17-,20+,21?/m0/s1. The van der Waals surface area contributed by atoms with Gasteiger partial charge >= 0.3 is 5.97 Å². The maximum absolute atomic E-state index is 13.3. The molecule has 4 aliphatic rings. The third-order valence-electron chi connectivity index (χ3n) is 7.39. The molecular formula is C21H24N2O3. The number of esters is 1. The summed E-state index contributed by atoms with van der Waals surface area (Å²) in [6.45, 7) is 3.56. The summed E-state index contributed by atoms with van der Waals surface area (Å²) in [6.07, 6.45) is 3.75. The Hall–Kier alpha value is -1.98. The Morgan fingerprint density at radius 1 is 1.46 bits per heavy atom. The van der Waals surface area contributed by atoms with Crippen LogP contribution in [-0.4, -0.2) is 54.5 Å². The molecule has 1 aromatic rings. The minimum atomic E-state index is -1.00. The highest BCUT2D eigenvalue weighted by Gasteiger charge is 2.73. The van der Waals surface area contributed by atoms with Gasteiger partial charge in [0.15, 0.2) is 0 Å². The molecule has 1 aromatic carbocycles. The van der Waals surface area contributed by atoms with Gasteiger partial charge in [0.2, 0.25) is 0 Å². The largest absolute Gasteiger partial charge is 0.468 e. The van der Waals surface area contributed by atoms with Crippen LogP contribution in [0.4, 0.5) is 5.69 Å². The van der Waals surface area contributed by atoms with Gasteiger partial charge in [-0.15, -0.1) is 0 Å². The van der Waals surface area contributed by atoms with Gasteiger partial charge in [0.25, 0.3) is 0 Å². The highest BCUT2D eigenvalue weighted by atomic mass is 16.5. The normalized spacial score (nSPS) is 38.7. The lowest BCUT2D eigenvalue weighted by Crippen LogP contribution is -2.74. The number of rotatable bonds is 2. The number of benzene rings is 1. The summed E-state index contributed by atoms with van der Waals surface area (Å²) in [6, 6.07) is 8.36. The van der Waals surface area contributed by atoms with Crippen LogP contribution >= 0.6 is 0 Å². The number of para-hydroxylation sites is 1. The van der Waals surface area contributed by atoms with Crippen molar-refractivity contribution in [3.05, 3.63) is 41.5 Å². The Kier molecular flexibility index (Phi) is 3.29. The van der Waals surface area contributed by atoms with Crippen molar-refractivity contribution in [1.82, 2.24) is 4.90 Å². The average molecular weight is 352 g/mol. The first-order valence-electron chi connectivity index (χ1n) is 9.41. The van der Waals surface area contributed by atoms with Gasteiger partial charge in [0.1, 0.15) is 5.41 Å². The molecule has 0 spiro atoms. The maximum atomic E-state index is 13.3. The molecule has 1 aliphatic carbocycles. The maximum Gasteiger partial charge on any atom is 0.316 e. The van der Waals surface area contributed by atoms with Gasteiger partial charge < -0.3 is 9.84 Å². The van der Waals surface area contributed by atoms with Gasteiger partial charge in [-0.1, -0.05) is 29.8 Å². The molecule has 5 nitrogen and oxygen atoms in total. The second kappa shape index (κ2) is 5.27. The fraction of sp³-hybridized carbons (Fsp3) is 0.524. The minimum Gasteiger partial charge on any atom is -0.468 e. The number of carbonyl (C=O) groups excluding carboxylic acids is 1. The predicted molar refractivity (Wildman–Crippen MR) is 98.6 cm³/mol. The second-order valence-electron chi connectivity index (χ2n) is 7.93. The summed E-state index contributed by atoms with van der Waals surface area (Å²) in [4.78, 5) is 20.8.